The fourth-order valence-corrected chi connectivity index (χ4v) is 2.96. The largest absolute Gasteiger partial charge is 0.494 e. The summed E-state index contributed by atoms with van der Waals surface area (Å²) in [5.74, 6) is 1.15. The lowest BCUT2D eigenvalue weighted by molar-refractivity contribution is -0.121. The zero-order valence-electron chi connectivity index (χ0n) is 16.3. The summed E-state index contributed by atoms with van der Waals surface area (Å²) in [4.78, 5) is 23.9. The monoisotopic (exact) mass is 399 g/mol. The topological polar surface area (TPSA) is 112 Å². The van der Waals surface area contributed by atoms with Gasteiger partial charge in [-0.25, -0.2) is 4.79 Å². The van der Waals surface area contributed by atoms with E-state index in [0.29, 0.717) is 31.1 Å². The molecule has 154 valence electrons. The predicted molar refractivity (Wildman–Crippen MR) is 107 cm³/mol. The molecule has 0 aliphatic carbocycles. The molecule has 8 heteroatoms. The third-order valence-electron chi connectivity index (χ3n) is 4.52. The molecule has 0 aromatic heterocycles. The van der Waals surface area contributed by atoms with Gasteiger partial charge in [-0.05, 0) is 48.7 Å². The highest BCUT2D eigenvalue weighted by Gasteiger charge is 2.18. The Morgan fingerprint density at radius 3 is 2.52 bits per heavy atom. The molecule has 0 saturated heterocycles. The number of carbonyl (C=O) groups excluding carboxylic acids is 2. The molecule has 2 aromatic carbocycles. The number of nitrogens with one attached hydrogen (secondary N) is 2. The second-order valence-electron chi connectivity index (χ2n) is 6.63. The van der Waals surface area contributed by atoms with Crippen LogP contribution in [0.4, 0.5) is 4.79 Å². The Hall–Kier alpha value is -3.42. The number of hydrogen-bond donors (Lipinski definition) is 3. The lowest BCUT2D eigenvalue weighted by Gasteiger charge is -2.15. The van der Waals surface area contributed by atoms with Gasteiger partial charge in [-0.2, -0.15) is 0 Å². The Bertz CT molecular complexity index is 854. The van der Waals surface area contributed by atoms with Crippen LogP contribution in [-0.4, -0.2) is 31.9 Å². The van der Waals surface area contributed by atoms with E-state index in [2.05, 4.69) is 10.6 Å². The summed E-state index contributed by atoms with van der Waals surface area (Å²) in [6, 6.07) is 12.6. The van der Waals surface area contributed by atoms with E-state index in [1.165, 1.54) is 0 Å². The quantitative estimate of drug-likeness (QED) is 0.597. The van der Waals surface area contributed by atoms with E-state index in [4.69, 9.17) is 19.9 Å². The van der Waals surface area contributed by atoms with Crippen molar-refractivity contribution >= 4 is 11.9 Å². The van der Waals surface area contributed by atoms with E-state index in [1.807, 2.05) is 43.3 Å². The first kappa shape index (κ1) is 20.3. The average Bonchev–Trinajstić information content (AvgIpc) is 3.18. The zero-order valence-corrected chi connectivity index (χ0v) is 16.3. The van der Waals surface area contributed by atoms with E-state index < -0.39 is 11.8 Å². The fraction of sp³-hybridized carbons (Fsp3) is 0.333. The third kappa shape index (κ3) is 5.78. The molecule has 1 unspecified atom stereocenters. The van der Waals surface area contributed by atoms with E-state index in [9.17, 15) is 9.59 Å². The molecule has 2 aromatic rings. The summed E-state index contributed by atoms with van der Waals surface area (Å²) in [7, 11) is 0. The molecule has 1 atom stereocenters. The molecule has 0 radical (unpaired) electrons. The van der Waals surface area contributed by atoms with Crippen molar-refractivity contribution in [3.05, 3.63) is 53.6 Å². The van der Waals surface area contributed by atoms with E-state index in [-0.39, 0.29) is 19.4 Å². The van der Waals surface area contributed by atoms with E-state index in [1.54, 1.807) is 6.07 Å². The minimum absolute atomic E-state index is 0.148. The normalized spacial score (nSPS) is 12.9. The highest BCUT2D eigenvalue weighted by molar-refractivity contribution is 5.79. The van der Waals surface area contributed by atoms with Crippen molar-refractivity contribution in [2.24, 2.45) is 11.7 Å². The van der Waals surface area contributed by atoms with E-state index in [0.717, 1.165) is 16.9 Å². The third-order valence-corrected chi connectivity index (χ3v) is 4.52. The first-order chi connectivity index (χ1) is 14.0. The average molecular weight is 399 g/mol. The van der Waals surface area contributed by atoms with Crippen molar-refractivity contribution < 1.29 is 23.8 Å². The van der Waals surface area contributed by atoms with Gasteiger partial charge in [0.1, 0.15) is 5.75 Å². The summed E-state index contributed by atoms with van der Waals surface area (Å²) < 4.78 is 16.0. The van der Waals surface area contributed by atoms with Gasteiger partial charge in [-0.1, -0.05) is 18.2 Å². The van der Waals surface area contributed by atoms with Crippen molar-refractivity contribution in [2.75, 3.05) is 19.9 Å². The molecule has 3 amide bonds. The molecular formula is C21H25N3O5. The first-order valence-electron chi connectivity index (χ1n) is 9.46. The van der Waals surface area contributed by atoms with Crippen molar-refractivity contribution in [1.82, 2.24) is 10.6 Å². The number of carbonyl (C=O) groups is 2. The molecule has 29 heavy (non-hydrogen) atoms. The number of nitrogens with two attached hydrogens (primary N) is 1. The van der Waals surface area contributed by atoms with Crippen LogP contribution in [0.15, 0.2) is 42.5 Å². The molecule has 0 bridgehead atoms. The SMILES string of the molecule is CCOc1ccc(CC(CNC(=O)NCc2ccc3c(c2)OCO3)C(N)=O)cc1. The second-order valence-corrected chi connectivity index (χ2v) is 6.63. The maximum atomic E-state index is 12.1. The number of hydrogen-bond acceptors (Lipinski definition) is 5. The number of urea groups is 1. The van der Waals surface area contributed by atoms with Gasteiger partial charge >= 0.3 is 6.03 Å². The van der Waals surface area contributed by atoms with Gasteiger partial charge < -0.3 is 30.6 Å². The molecule has 4 N–H and O–H groups in total. The maximum absolute atomic E-state index is 12.1. The highest BCUT2D eigenvalue weighted by atomic mass is 16.7. The predicted octanol–water partition coefficient (Wildman–Crippen LogP) is 1.96. The molecule has 0 saturated carbocycles. The van der Waals surface area contributed by atoms with Crippen LogP contribution in [-0.2, 0) is 17.8 Å². The van der Waals surface area contributed by atoms with Crippen LogP contribution in [0.1, 0.15) is 18.1 Å². The van der Waals surface area contributed by atoms with Crippen molar-refractivity contribution in [3.8, 4) is 17.2 Å². The number of primary amides is 1. The Morgan fingerprint density at radius 2 is 1.79 bits per heavy atom. The first-order valence-corrected chi connectivity index (χ1v) is 9.46. The van der Waals surface area contributed by atoms with Crippen LogP contribution in [0.3, 0.4) is 0 Å². The lowest BCUT2D eigenvalue weighted by Crippen LogP contribution is -2.41. The van der Waals surface area contributed by atoms with Gasteiger partial charge in [-0.15, -0.1) is 0 Å². The Labute approximate surface area is 169 Å². The van der Waals surface area contributed by atoms with Crippen molar-refractivity contribution in [1.29, 1.82) is 0 Å². The molecule has 1 heterocycles. The summed E-state index contributed by atoms with van der Waals surface area (Å²) >= 11 is 0. The van der Waals surface area contributed by atoms with Gasteiger partial charge in [0, 0.05) is 13.1 Å². The van der Waals surface area contributed by atoms with Gasteiger partial charge in [0.15, 0.2) is 11.5 Å². The standard InChI is InChI=1S/C21H25N3O5/c1-2-27-17-6-3-14(4-7-17)9-16(20(22)25)12-24-21(26)23-11-15-5-8-18-19(10-15)29-13-28-18/h3-8,10,16H,2,9,11-13H2,1H3,(H2,22,25)(H2,23,24,26). The maximum Gasteiger partial charge on any atom is 0.315 e. The van der Waals surface area contributed by atoms with Crippen LogP contribution in [0.5, 0.6) is 17.2 Å². The molecular weight excluding hydrogens is 374 g/mol. The molecule has 8 nitrogen and oxygen atoms in total. The molecule has 0 spiro atoms. The zero-order chi connectivity index (χ0) is 20.6. The summed E-state index contributed by atoms with van der Waals surface area (Å²) in [6.45, 7) is 3.18. The molecule has 1 aliphatic heterocycles. The van der Waals surface area contributed by atoms with Gasteiger partial charge in [0.05, 0.1) is 12.5 Å². The van der Waals surface area contributed by atoms with Crippen LogP contribution >= 0.6 is 0 Å². The summed E-state index contributed by atoms with van der Waals surface area (Å²) in [6.07, 6.45) is 0.435. The van der Waals surface area contributed by atoms with Gasteiger partial charge in [0.2, 0.25) is 12.7 Å². The second kappa shape index (κ2) is 9.68. The molecule has 1 aliphatic rings. The Balaban J connectivity index is 1.46. The van der Waals surface area contributed by atoms with Gasteiger partial charge in [0.25, 0.3) is 0 Å². The molecule has 3 rings (SSSR count). The molecule has 0 fully saturated rings. The summed E-state index contributed by atoms with van der Waals surface area (Å²) in [5, 5.41) is 5.46. The van der Waals surface area contributed by atoms with Crippen molar-refractivity contribution in [3.63, 3.8) is 0 Å². The van der Waals surface area contributed by atoms with Crippen LogP contribution in [0.25, 0.3) is 0 Å². The fourth-order valence-electron chi connectivity index (χ4n) is 2.96. The number of rotatable bonds is 9. The van der Waals surface area contributed by atoms with Crippen molar-refractivity contribution in [2.45, 2.75) is 19.9 Å². The van der Waals surface area contributed by atoms with Crippen LogP contribution in [0.2, 0.25) is 0 Å². The minimum Gasteiger partial charge on any atom is -0.494 e. The number of benzene rings is 2. The number of amides is 3. The van der Waals surface area contributed by atoms with E-state index >= 15 is 0 Å². The van der Waals surface area contributed by atoms with Crippen LogP contribution < -0.4 is 30.6 Å². The Morgan fingerprint density at radius 1 is 1.07 bits per heavy atom. The minimum atomic E-state index is -0.510. The summed E-state index contributed by atoms with van der Waals surface area (Å²) in [5.41, 5.74) is 7.33. The highest BCUT2D eigenvalue weighted by Crippen LogP contribution is 2.32. The number of ether oxygens (including phenoxy) is 3. The smallest absolute Gasteiger partial charge is 0.315 e. The number of fused-ring (bicyclic) bond motifs is 1. The lowest BCUT2D eigenvalue weighted by atomic mass is 9.98. The Kier molecular flexibility index (Phi) is 6.78. The van der Waals surface area contributed by atoms with Crippen LogP contribution in [0, 0.1) is 5.92 Å². The van der Waals surface area contributed by atoms with Gasteiger partial charge in [-0.3, -0.25) is 4.79 Å².